The number of carbonyl (C=O) groups is 5. The van der Waals surface area contributed by atoms with Crippen LogP contribution >= 0.6 is 0 Å². The first kappa shape index (κ1) is 63.8. The molecule has 0 saturated carbocycles. The van der Waals surface area contributed by atoms with Gasteiger partial charge in [-0.15, -0.1) is 0 Å². The van der Waals surface area contributed by atoms with Crippen molar-refractivity contribution >= 4 is 44.6 Å². The Morgan fingerprint density at radius 3 is 1.35 bits per heavy atom. The van der Waals surface area contributed by atoms with Crippen molar-refractivity contribution in [1.82, 2.24) is 20.0 Å². The Hall–Kier alpha value is -4.52. The Labute approximate surface area is 444 Å². The lowest BCUT2D eigenvalue weighted by Gasteiger charge is -2.40. The molecule has 414 valence electrons. The van der Waals surface area contributed by atoms with Gasteiger partial charge < -0.3 is 52.6 Å². The number of nitrogens with zero attached hydrogens (tertiary/aromatic N) is 3. The molecule has 17 nitrogen and oxygen atoms in total. The van der Waals surface area contributed by atoms with Crippen molar-refractivity contribution in [2.45, 2.75) is 174 Å². The number of aldehydes is 1. The summed E-state index contributed by atoms with van der Waals surface area (Å²) in [7, 11) is 9.74. The number of amides is 2. The molecule has 2 aromatic rings. The van der Waals surface area contributed by atoms with Crippen LogP contribution in [0, 0.1) is 11.8 Å². The van der Waals surface area contributed by atoms with Crippen molar-refractivity contribution in [2.75, 3.05) is 62.0 Å². The van der Waals surface area contributed by atoms with Gasteiger partial charge in [0.2, 0.25) is 0 Å². The standard InChI is InChI=1S/C27H43BN2O6.C25H36BNO7.C2H7N.CH4/c1-25(2)26(3,4)36-28(35-25)17-11-14-22-15-18-30(24(32)34-20-21-12-9-8-10-13-21)27(22,23(31)33-7)16-19-29(5)6;1-23(2)24(3,4)34-26(33-23)15-9-12-20-13-16-27(25(20,14-17-28)21(29)31-5)22(30)32-18-19-10-7-6-8-11-19;1-3-2;/h8-10,12-13,22H,11,14-20H2,1-7H3;6-8,10-11,17,20H,9,12-16,18H2,1-5H3;3H,1-2H3;1H4/t22-,27+;20-,25+;;/m11../s1. The van der Waals surface area contributed by atoms with Crippen LogP contribution in [0.15, 0.2) is 60.7 Å². The lowest BCUT2D eigenvalue weighted by atomic mass is 9.75. The van der Waals surface area contributed by atoms with Crippen LogP contribution in [0.3, 0.4) is 0 Å². The van der Waals surface area contributed by atoms with Gasteiger partial charge in [0.25, 0.3) is 0 Å². The van der Waals surface area contributed by atoms with Crippen LogP contribution in [-0.2, 0) is 65.2 Å². The van der Waals surface area contributed by atoms with Crippen molar-refractivity contribution < 1.29 is 61.5 Å². The zero-order chi connectivity index (χ0) is 54.3. The lowest BCUT2D eigenvalue weighted by Crippen LogP contribution is -2.58. The van der Waals surface area contributed by atoms with E-state index >= 15 is 0 Å². The zero-order valence-electron chi connectivity index (χ0n) is 46.4. The van der Waals surface area contributed by atoms with Crippen molar-refractivity contribution in [3.05, 3.63) is 71.8 Å². The summed E-state index contributed by atoms with van der Waals surface area (Å²) >= 11 is 0. The van der Waals surface area contributed by atoms with Gasteiger partial charge in [0.1, 0.15) is 25.0 Å². The second-order valence-electron chi connectivity index (χ2n) is 21.8. The molecule has 4 heterocycles. The van der Waals surface area contributed by atoms with E-state index in [-0.39, 0.29) is 70.3 Å². The number of esters is 2. The molecule has 74 heavy (non-hydrogen) atoms. The number of benzene rings is 2. The SMILES string of the molecule is C.CNC.COC(=O)[C@]1(CC=O)[C@H](CCCB2OC(C)(C)C(C)(C)O2)CCN1C(=O)OCc1ccccc1.COC(=O)[C@]1(CCN(C)C)[C@H](CCCB2OC(C)(C)C(C)(C)O2)CCN1C(=O)OCc1ccccc1. The number of carbonyl (C=O) groups excluding carboxylic acids is 5. The van der Waals surface area contributed by atoms with Gasteiger partial charge in [0, 0.05) is 26.1 Å². The average molecular weight is 1040 g/mol. The monoisotopic (exact) mass is 1040 g/mol. The summed E-state index contributed by atoms with van der Waals surface area (Å²) in [6.45, 7) is 17.9. The molecule has 0 radical (unpaired) electrons. The van der Waals surface area contributed by atoms with Gasteiger partial charge >= 0.3 is 38.4 Å². The smallest absolute Gasteiger partial charge is 0.457 e. The van der Waals surface area contributed by atoms with Crippen LogP contribution in [0.5, 0.6) is 0 Å². The number of ether oxygens (including phenoxy) is 4. The number of hydrogen-bond acceptors (Lipinski definition) is 15. The van der Waals surface area contributed by atoms with Gasteiger partial charge in [-0.05, 0) is 151 Å². The predicted octanol–water partition coefficient (Wildman–Crippen LogP) is 8.87. The first-order valence-electron chi connectivity index (χ1n) is 25.9. The second-order valence-corrected chi connectivity index (χ2v) is 21.8. The molecule has 0 bridgehead atoms. The lowest BCUT2D eigenvalue weighted by molar-refractivity contribution is -0.157. The number of rotatable bonds is 19. The van der Waals surface area contributed by atoms with Gasteiger partial charge in [0.05, 0.1) is 36.6 Å². The molecular weight excluding hydrogens is 946 g/mol. The predicted molar refractivity (Wildman–Crippen MR) is 288 cm³/mol. The number of hydrogen-bond donors (Lipinski definition) is 1. The summed E-state index contributed by atoms with van der Waals surface area (Å²) in [6.07, 6.45) is 5.51. The van der Waals surface area contributed by atoms with Crippen molar-refractivity contribution in [1.29, 1.82) is 0 Å². The summed E-state index contributed by atoms with van der Waals surface area (Å²) < 4.78 is 46.1. The normalized spacial score (nSPS) is 23.9. The Morgan fingerprint density at radius 2 is 1.00 bits per heavy atom. The fraction of sp³-hybridized carbons (Fsp3) is 0.691. The molecule has 4 saturated heterocycles. The molecule has 1 N–H and O–H groups in total. The Bertz CT molecular complexity index is 2050. The highest BCUT2D eigenvalue weighted by molar-refractivity contribution is 6.45. The van der Waals surface area contributed by atoms with E-state index in [1.165, 1.54) is 19.1 Å². The van der Waals surface area contributed by atoms with Crippen molar-refractivity contribution in [3.8, 4) is 0 Å². The van der Waals surface area contributed by atoms with Gasteiger partial charge in [-0.2, -0.15) is 0 Å². The minimum atomic E-state index is -1.37. The molecule has 4 aliphatic heterocycles. The van der Waals surface area contributed by atoms with E-state index in [4.69, 9.17) is 37.6 Å². The van der Waals surface area contributed by atoms with E-state index in [9.17, 15) is 24.0 Å². The van der Waals surface area contributed by atoms with Gasteiger partial charge in [-0.1, -0.05) is 80.9 Å². The van der Waals surface area contributed by atoms with Crippen LogP contribution in [0.4, 0.5) is 9.59 Å². The second kappa shape index (κ2) is 28.0. The highest BCUT2D eigenvalue weighted by Crippen LogP contribution is 2.46. The van der Waals surface area contributed by atoms with E-state index in [0.29, 0.717) is 64.3 Å². The van der Waals surface area contributed by atoms with Crippen LogP contribution in [0.2, 0.25) is 12.6 Å². The molecule has 0 aliphatic carbocycles. The quantitative estimate of drug-likeness (QED) is 0.0609. The Morgan fingerprint density at radius 1 is 0.649 bits per heavy atom. The third-order valence-electron chi connectivity index (χ3n) is 15.6. The first-order valence-corrected chi connectivity index (χ1v) is 25.9. The first-order chi connectivity index (χ1) is 34.4. The fourth-order valence-corrected chi connectivity index (χ4v) is 10.2. The molecular formula is C55H90B2N4O13. The molecule has 2 aromatic carbocycles. The number of likely N-dealkylation sites (tertiary alicyclic amines) is 2. The van der Waals surface area contributed by atoms with Crippen molar-refractivity contribution in [2.24, 2.45) is 11.8 Å². The summed E-state index contributed by atoms with van der Waals surface area (Å²) in [5.41, 5.74) is -2.25. The summed E-state index contributed by atoms with van der Waals surface area (Å²) in [5.74, 6) is -1.25. The molecule has 4 aliphatic rings. The van der Waals surface area contributed by atoms with E-state index < -0.39 is 40.4 Å². The van der Waals surface area contributed by atoms with E-state index in [0.717, 1.165) is 30.3 Å². The maximum atomic E-state index is 13.4. The molecule has 2 amide bonds. The minimum absolute atomic E-state index is 0. The zero-order valence-corrected chi connectivity index (χ0v) is 46.4. The van der Waals surface area contributed by atoms with Crippen LogP contribution in [0.1, 0.15) is 125 Å². The summed E-state index contributed by atoms with van der Waals surface area (Å²) in [4.78, 5) is 69.5. The third kappa shape index (κ3) is 15.3. The van der Waals surface area contributed by atoms with E-state index in [1.807, 2.05) is 149 Å². The maximum Gasteiger partial charge on any atom is 0.457 e. The van der Waals surface area contributed by atoms with E-state index in [1.54, 1.807) is 4.90 Å². The van der Waals surface area contributed by atoms with Crippen LogP contribution in [0.25, 0.3) is 0 Å². The topological polar surface area (TPSA) is 181 Å². The molecule has 0 unspecified atom stereocenters. The molecule has 0 aromatic heterocycles. The van der Waals surface area contributed by atoms with Crippen LogP contribution < -0.4 is 5.32 Å². The minimum Gasteiger partial charge on any atom is -0.467 e. The highest BCUT2D eigenvalue weighted by atomic mass is 16.7. The number of methoxy groups -OCH3 is 2. The van der Waals surface area contributed by atoms with Crippen LogP contribution in [-0.4, -0.2) is 155 Å². The third-order valence-corrected chi connectivity index (χ3v) is 15.6. The molecule has 19 heteroatoms. The molecule has 4 fully saturated rings. The molecule has 6 rings (SSSR count). The molecule has 4 atom stereocenters. The average Bonchev–Trinajstić information content (AvgIpc) is 4.02. The van der Waals surface area contributed by atoms with Gasteiger partial charge in [0.15, 0.2) is 5.54 Å². The number of nitrogens with one attached hydrogen (secondary N) is 1. The van der Waals surface area contributed by atoms with Crippen molar-refractivity contribution in [3.63, 3.8) is 0 Å². The fourth-order valence-electron chi connectivity index (χ4n) is 10.2. The molecule has 0 spiro atoms. The summed E-state index contributed by atoms with van der Waals surface area (Å²) in [6, 6.07) is 18.9. The largest absolute Gasteiger partial charge is 0.467 e. The highest BCUT2D eigenvalue weighted by Gasteiger charge is 2.59. The Balaban J connectivity index is 0.000000366. The Kier molecular flexibility index (Phi) is 24.2. The van der Waals surface area contributed by atoms with E-state index in [2.05, 4.69) is 5.32 Å². The summed E-state index contributed by atoms with van der Waals surface area (Å²) in [5, 5.41) is 2.75. The van der Waals surface area contributed by atoms with Gasteiger partial charge in [-0.25, -0.2) is 19.2 Å². The maximum absolute atomic E-state index is 13.4. The van der Waals surface area contributed by atoms with Gasteiger partial charge in [-0.3, -0.25) is 9.80 Å².